The van der Waals surface area contributed by atoms with Crippen LogP contribution in [0.3, 0.4) is 0 Å². The van der Waals surface area contributed by atoms with Gasteiger partial charge in [-0.25, -0.2) is 0 Å². The Morgan fingerprint density at radius 2 is 2.29 bits per heavy atom. The van der Waals surface area contributed by atoms with Crippen molar-refractivity contribution < 1.29 is 4.74 Å². The predicted molar refractivity (Wildman–Crippen MR) is 53.0 cm³/mol. The molecule has 0 fully saturated rings. The van der Waals surface area contributed by atoms with E-state index >= 15 is 0 Å². The largest absolute Gasteiger partial charge is 0.496 e. The molecule has 2 aromatic rings. The van der Waals surface area contributed by atoms with Gasteiger partial charge in [-0.2, -0.15) is 5.26 Å². The fourth-order valence-corrected chi connectivity index (χ4v) is 1.36. The molecular formula is C11H8N2O. The molecule has 14 heavy (non-hydrogen) atoms. The van der Waals surface area contributed by atoms with Crippen LogP contribution in [0.1, 0.15) is 5.56 Å². The lowest BCUT2D eigenvalue weighted by Gasteiger charge is -2.03. The Bertz CT molecular complexity index is 514. The molecule has 3 heteroatoms. The first-order valence-corrected chi connectivity index (χ1v) is 4.18. The molecule has 1 aromatic heterocycles. The number of benzene rings is 1. The minimum absolute atomic E-state index is 0.544. The molecule has 0 saturated carbocycles. The van der Waals surface area contributed by atoms with E-state index in [2.05, 4.69) is 11.1 Å². The fourth-order valence-electron chi connectivity index (χ4n) is 1.36. The van der Waals surface area contributed by atoms with Gasteiger partial charge in [0.15, 0.2) is 0 Å². The standard InChI is InChI=1S/C11H8N2O/c1-14-11-4-2-3-10-9(11)5-8(6-12)7-13-10/h2-5,7H,1H3. The first-order valence-electron chi connectivity index (χ1n) is 4.18. The Balaban J connectivity index is 2.78. The van der Waals surface area contributed by atoms with Crippen LogP contribution in [0.25, 0.3) is 10.9 Å². The van der Waals surface area contributed by atoms with Crippen molar-refractivity contribution in [3.8, 4) is 11.8 Å². The van der Waals surface area contributed by atoms with Crippen LogP contribution in [0.4, 0.5) is 0 Å². The highest BCUT2D eigenvalue weighted by molar-refractivity contribution is 5.85. The topological polar surface area (TPSA) is 45.9 Å². The number of aromatic nitrogens is 1. The Morgan fingerprint density at radius 1 is 1.43 bits per heavy atom. The van der Waals surface area contributed by atoms with Crippen molar-refractivity contribution in [1.82, 2.24) is 4.98 Å². The van der Waals surface area contributed by atoms with Gasteiger partial charge >= 0.3 is 0 Å². The van der Waals surface area contributed by atoms with Crippen molar-refractivity contribution in [2.45, 2.75) is 0 Å². The van der Waals surface area contributed by atoms with E-state index in [9.17, 15) is 0 Å². The van der Waals surface area contributed by atoms with Crippen LogP contribution in [0.2, 0.25) is 0 Å². The van der Waals surface area contributed by atoms with Gasteiger partial charge in [0.05, 0.1) is 18.2 Å². The number of hydrogen-bond acceptors (Lipinski definition) is 3. The number of nitriles is 1. The summed E-state index contributed by atoms with van der Waals surface area (Å²) in [6.45, 7) is 0. The van der Waals surface area contributed by atoms with Crippen molar-refractivity contribution in [3.63, 3.8) is 0 Å². The van der Waals surface area contributed by atoms with E-state index in [4.69, 9.17) is 10.00 Å². The molecular weight excluding hydrogens is 176 g/mol. The second-order valence-electron chi connectivity index (χ2n) is 2.86. The van der Waals surface area contributed by atoms with Crippen LogP contribution in [0.5, 0.6) is 5.75 Å². The summed E-state index contributed by atoms with van der Waals surface area (Å²) in [6, 6.07) is 9.45. The lowest BCUT2D eigenvalue weighted by Crippen LogP contribution is -1.87. The first-order chi connectivity index (χ1) is 6.85. The Labute approximate surface area is 81.6 Å². The highest BCUT2D eigenvalue weighted by atomic mass is 16.5. The van der Waals surface area contributed by atoms with Crippen molar-refractivity contribution >= 4 is 10.9 Å². The lowest BCUT2D eigenvalue weighted by atomic mass is 10.1. The molecule has 0 spiro atoms. The predicted octanol–water partition coefficient (Wildman–Crippen LogP) is 2.12. The third-order valence-electron chi connectivity index (χ3n) is 2.03. The van der Waals surface area contributed by atoms with Gasteiger partial charge in [0, 0.05) is 11.6 Å². The second-order valence-corrected chi connectivity index (χ2v) is 2.86. The molecule has 0 aliphatic carbocycles. The molecule has 3 nitrogen and oxygen atoms in total. The van der Waals surface area contributed by atoms with Crippen LogP contribution in [-0.2, 0) is 0 Å². The molecule has 1 heterocycles. The molecule has 0 atom stereocenters. The number of hydrogen-bond donors (Lipinski definition) is 0. The third-order valence-corrected chi connectivity index (χ3v) is 2.03. The summed E-state index contributed by atoms with van der Waals surface area (Å²) in [4.78, 5) is 4.16. The van der Waals surface area contributed by atoms with E-state index < -0.39 is 0 Å². The summed E-state index contributed by atoms with van der Waals surface area (Å²) in [5.74, 6) is 0.743. The van der Waals surface area contributed by atoms with Gasteiger partial charge in [-0.05, 0) is 18.2 Å². The van der Waals surface area contributed by atoms with E-state index in [1.807, 2.05) is 18.2 Å². The SMILES string of the molecule is COc1cccc2ncc(C#N)cc12. The van der Waals surface area contributed by atoms with Crippen LogP contribution >= 0.6 is 0 Å². The Hall–Kier alpha value is -2.08. The average Bonchev–Trinajstić information content (AvgIpc) is 2.27. The van der Waals surface area contributed by atoms with Gasteiger partial charge in [0.25, 0.3) is 0 Å². The Kier molecular flexibility index (Phi) is 2.04. The summed E-state index contributed by atoms with van der Waals surface area (Å²) in [6.07, 6.45) is 1.56. The third kappa shape index (κ3) is 1.27. The number of methoxy groups -OCH3 is 1. The number of pyridine rings is 1. The highest BCUT2D eigenvalue weighted by Gasteiger charge is 2.02. The van der Waals surface area contributed by atoms with Crippen LogP contribution in [-0.4, -0.2) is 12.1 Å². The van der Waals surface area contributed by atoms with Gasteiger partial charge in [-0.3, -0.25) is 4.98 Å². The van der Waals surface area contributed by atoms with Crippen molar-refractivity contribution in [2.24, 2.45) is 0 Å². The monoisotopic (exact) mass is 184 g/mol. The maximum absolute atomic E-state index is 8.73. The maximum atomic E-state index is 8.73. The van der Waals surface area contributed by atoms with Crippen LogP contribution in [0, 0.1) is 11.3 Å². The van der Waals surface area contributed by atoms with Gasteiger partial charge in [-0.15, -0.1) is 0 Å². The van der Waals surface area contributed by atoms with Crippen molar-refractivity contribution in [3.05, 3.63) is 36.0 Å². The van der Waals surface area contributed by atoms with E-state index in [0.29, 0.717) is 5.56 Å². The normalized spacial score (nSPS) is 9.71. The summed E-state index contributed by atoms with van der Waals surface area (Å²) in [5.41, 5.74) is 1.38. The van der Waals surface area contributed by atoms with Crippen LogP contribution < -0.4 is 4.74 Å². The van der Waals surface area contributed by atoms with Crippen LogP contribution in [0.15, 0.2) is 30.5 Å². The molecule has 0 aliphatic rings. The van der Waals surface area contributed by atoms with Crippen molar-refractivity contribution in [2.75, 3.05) is 7.11 Å². The average molecular weight is 184 g/mol. The maximum Gasteiger partial charge on any atom is 0.128 e. The van der Waals surface area contributed by atoms with E-state index in [-0.39, 0.29) is 0 Å². The lowest BCUT2D eigenvalue weighted by molar-refractivity contribution is 0.419. The number of fused-ring (bicyclic) bond motifs is 1. The van der Waals surface area contributed by atoms with Gasteiger partial charge in [0.1, 0.15) is 11.8 Å². The number of rotatable bonds is 1. The minimum Gasteiger partial charge on any atom is -0.496 e. The smallest absolute Gasteiger partial charge is 0.128 e. The van der Waals surface area contributed by atoms with Crippen molar-refractivity contribution in [1.29, 1.82) is 5.26 Å². The van der Waals surface area contributed by atoms with E-state index in [1.165, 1.54) is 0 Å². The molecule has 0 unspecified atom stereocenters. The zero-order valence-electron chi connectivity index (χ0n) is 7.69. The molecule has 0 amide bonds. The van der Waals surface area contributed by atoms with E-state index in [0.717, 1.165) is 16.7 Å². The number of nitrogens with zero attached hydrogens (tertiary/aromatic N) is 2. The molecule has 2 rings (SSSR count). The zero-order valence-corrected chi connectivity index (χ0v) is 7.69. The second kappa shape index (κ2) is 3.35. The Morgan fingerprint density at radius 3 is 3.00 bits per heavy atom. The van der Waals surface area contributed by atoms with E-state index in [1.54, 1.807) is 19.4 Å². The summed E-state index contributed by atoms with van der Waals surface area (Å²) in [5, 5.41) is 9.60. The fraction of sp³-hybridized carbons (Fsp3) is 0.0909. The number of ether oxygens (including phenoxy) is 1. The molecule has 68 valence electrons. The van der Waals surface area contributed by atoms with Gasteiger partial charge in [0.2, 0.25) is 0 Å². The highest BCUT2D eigenvalue weighted by Crippen LogP contribution is 2.24. The molecule has 1 aromatic carbocycles. The molecule has 0 radical (unpaired) electrons. The summed E-state index contributed by atoms with van der Waals surface area (Å²) in [7, 11) is 1.60. The molecule has 0 bridgehead atoms. The molecule has 0 aliphatic heterocycles. The minimum atomic E-state index is 0.544. The molecule has 0 saturated heterocycles. The van der Waals surface area contributed by atoms with Gasteiger partial charge in [-0.1, -0.05) is 6.07 Å². The quantitative estimate of drug-likeness (QED) is 0.681. The summed E-state index contributed by atoms with van der Waals surface area (Å²) < 4.78 is 5.18. The zero-order chi connectivity index (χ0) is 9.97. The first kappa shape index (κ1) is 8.52. The van der Waals surface area contributed by atoms with Gasteiger partial charge < -0.3 is 4.74 Å². The summed E-state index contributed by atoms with van der Waals surface area (Å²) >= 11 is 0. The molecule has 0 N–H and O–H groups in total.